The second-order valence-corrected chi connectivity index (χ2v) is 6.14. The first-order valence-corrected chi connectivity index (χ1v) is 7.67. The molecular formula is C15H19N3S. The third-order valence-electron chi connectivity index (χ3n) is 3.78. The van der Waals surface area contributed by atoms with Crippen molar-refractivity contribution in [3.63, 3.8) is 0 Å². The van der Waals surface area contributed by atoms with Crippen LogP contribution in [0.4, 0.5) is 5.13 Å². The molecule has 0 radical (unpaired) electrons. The zero-order valence-corrected chi connectivity index (χ0v) is 12.0. The minimum absolute atomic E-state index is 0.444. The van der Waals surface area contributed by atoms with E-state index in [9.17, 15) is 0 Å². The number of hydrogen-bond acceptors (Lipinski definition) is 4. The molecule has 1 aromatic heterocycles. The van der Waals surface area contributed by atoms with Crippen molar-refractivity contribution in [3.05, 3.63) is 41.7 Å². The zero-order chi connectivity index (χ0) is 13.1. The summed E-state index contributed by atoms with van der Waals surface area (Å²) >= 11 is 1.48. The lowest BCUT2D eigenvalue weighted by Gasteiger charge is -2.15. The van der Waals surface area contributed by atoms with E-state index in [1.165, 1.54) is 36.4 Å². The van der Waals surface area contributed by atoms with Crippen LogP contribution < -0.4 is 5.32 Å². The van der Waals surface area contributed by atoms with E-state index in [-0.39, 0.29) is 0 Å². The molecule has 100 valence electrons. The molecule has 1 saturated carbocycles. The van der Waals surface area contributed by atoms with Gasteiger partial charge >= 0.3 is 0 Å². The fourth-order valence-electron chi connectivity index (χ4n) is 2.35. The van der Waals surface area contributed by atoms with Gasteiger partial charge in [-0.05, 0) is 30.2 Å². The van der Waals surface area contributed by atoms with Crippen LogP contribution in [-0.2, 0) is 12.8 Å². The molecule has 1 aliphatic carbocycles. The number of nitrogens with one attached hydrogen (secondary N) is 1. The molecule has 1 aliphatic rings. The smallest absolute Gasteiger partial charge is 0.202 e. The lowest BCUT2D eigenvalue weighted by atomic mass is 9.96. The Balaban J connectivity index is 1.57. The second-order valence-electron chi connectivity index (χ2n) is 5.39. The van der Waals surface area contributed by atoms with Crippen molar-refractivity contribution >= 4 is 16.7 Å². The van der Waals surface area contributed by atoms with E-state index in [0.717, 1.165) is 23.9 Å². The molecule has 0 spiro atoms. The second kappa shape index (κ2) is 5.29. The monoisotopic (exact) mass is 273 g/mol. The molecule has 1 N–H and O–H groups in total. The molecule has 0 atom stereocenters. The van der Waals surface area contributed by atoms with Crippen LogP contribution in [0.1, 0.15) is 31.2 Å². The molecule has 1 fully saturated rings. The third kappa shape index (κ3) is 3.13. The van der Waals surface area contributed by atoms with Crippen molar-refractivity contribution in [1.82, 2.24) is 9.36 Å². The van der Waals surface area contributed by atoms with Crippen LogP contribution in [0.25, 0.3) is 0 Å². The van der Waals surface area contributed by atoms with E-state index in [2.05, 4.69) is 51.9 Å². The van der Waals surface area contributed by atoms with Crippen molar-refractivity contribution in [2.24, 2.45) is 5.41 Å². The number of anilines is 1. The third-order valence-corrected chi connectivity index (χ3v) is 4.49. The molecule has 3 rings (SSSR count). The van der Waals surface area contributed by atoms with Crippen molar-refractivity contribution in [2.45, 2.75) is 32.6 Å². The molecule has 0 aliphatic heterocycles. The standard InChI is InChI=1S/C15H19N3S/c1-2-13-17-14(19-18-13)16-11-15(8-9-15)10-12-6-4-3-5-7-12/h3-7H,2,8-11H2,1H3,(H,16,17,18). The average molecular weight is 273 g/mol. The van der Waals surface area contributed by atoms with Gasteiger partial charge in [-0.15, -0.1) is 0 Å². The van der Waals surface area contributed by atoms with E-state index < -0.39 is 0 Å². The van der Waals surface area contributed by atoms with E-state index in [1.807, 2.05) is 0 Å². The minimum atomic E-state index is 0.444. The van der Waals surface area contributed by atoms with Gasteiger partial charge < -0.3 is 5.32 Å². The Morgan fingerprint density at radius 3 is 2.68 bits per heavy atom. The largest absolute Gasteiger partial charge is 0.360 e. The number of aromatic nitrogens is 2. The summed E-state index contributed by atoms with van der Waals surface area (Å²) in [6.07, 6.45) is 4.70. The molecule has 0 bridgehead atoms. The van der Waals surface area contributed by atoms with Gasteiger partial charge in [0.2, 0.25) is 5.13 Å². The van der Waals surface area contributed by atoms with E-state index in [0.29, 0.717) is 5.41 Å². The summed E-state index contributed by atoms with van der Waals surface area (Å²) in [5, 5.41) is 4.44. The van der Waals surface area contributed by atoms with Crippen LogP contribution in [0.3, 0.4) is 0 Å². The Bertz CT molecular complexity index is 531. The number of aryl methyl sites for hydroxylation is 1. The van der Waals surface area contributed by atoms with E-state index >= 15 is 0 Å². The quantitative estimate of drug-likeness (QED) is 0.875. The predicted octanol–water partition coefficient (Wildman–Crippen LogP) is 3.54. The van der Waals surface area contributed by atoms with Crippen LogP contribution in [0.2, 0.25) is 0 Å². The summed E-state index contributed by atoms with van der Waals surface area (Å²) in [6.45, 7) is 3.10. The van der Waals surface area contributed by atoms with Crippen molar-refractivity contribution < 1.29 is 0 Å². The maximum absolute atomic E-state index is 4.46. The summed E-state index contributed by atoms with van der Waals surface area (Å²) in [5.41, 5.74) is 1.88. The van der Waals surface area contributed by atoms with Crippen LogP contribution in [0, 0.1) is 5.41 Å². The summed E-state index contributed by atoms with van der Waals surface area (Å²) < 4.78 is 4.31. The van der Waals surface area contributed by atoms with Gasteiger partial charge in [-0.25, -0.2) is 4.98 Å². The fraction of sp³-hybridized carbons (Fsp3) is 0.467. The van der Waals surface area contributed by atoms with Gasteiger partial charge in [-0.2, -0.15) is 4.37 Å². The SMILES string of the molecule is CCc1nsc(NCC2(Cc3ccccc3)CC2)n1. The summed E-state index contributed by atoms with van der Waals surface area (Å²) in [4.78, 5) is 4.46. The molecule has 4 heteroatoms. The summed E-state index contributed by atoms with van der Waals surface area (Å²) in [7, 11) is 0. The van der Waals surface area contributed by atoms with Gasteiger partial charge in [0, 0.05) is 24.5 Å². The fourth-order valence-corrected chi connectivity index (χ4v) is 3.00. The maximum atomic E-state index is 4.46. The summed E-state index contributed by atoms with van der Waals surface area (Å²) in [6, 6.07) is 10.8. The Morgan fingerprint density at radius 1 is 1.26 bits per heavy atom. The zero-order valence-electron chi connectivity index (χ0n) is 11.2. The Labute approximate surface area is 118 Å². The lowest BCUT2D eigenvalue weighted by Crippen LogP contribution is -2.17. The van der Waals surface area contributed by atoms with E-state index in [4.69, 9.17) is 0 Å². The molecule has 3 nitrogen and oxygen atoms in total. The van der Waals surface area contributed by atoms with Crippen LogP contribution in [0.5, 0.6) is 0 Å². The molecule has 1 aromatic carbocycles. The van der Waals surface area contributed by atoms with Crippen molar-refractivity contribution in [2.75, 3.05) is 11.9 Å². The number of nitrogens with zero attached hydrogens (tertiary/aromatic N) is 2. The highest BCUT2D eigenvalue weighted by molar-refractivity contribution is 7.09. The molecule has 2 aromatic rings. The maximum Gasteiger partial charge on any atom is 0.202 e. The van der Waals surface area contributed by atoms with Crippen molar-refractivity contribution in [1.29, 1.82) is 0 Å². The Morgan fingerprint density at radius 2 is 2.05 bits per heavy atom. The molecule has 1 heterocycles. The van der Waals surface area contributed by atoms with Crippen LogP contribution >= 0.6 is 11.5 Å². The Kier molecular flexibility index (Phi) is 3.51. The molecule has 0 amide bonds. The molecule has 19 heavy (non-hydrogen) atoms. The Hall–Kier alpha value is -1.42. The normalized spacial score (nSPS) is 16.3. The van der Waals surface area contributed by atoms with Crippen molar-refractivity contribution in [3.8, 4) is 0 Å². The first kappa shape index (κ1) is 12.6. The van der Waals surface area contributed by atoms with Gasteiger partial charge in [-0.3, -0.25) is 0 Å². The number of rotatable bonds is 6. The topological polar surface area (TPSA) is 37.8 Å². The average Bonchev–Trinajstić information content (AvgIpc) is 3.04. The molecule has 0 unspecified atom stereocenters. The highest BCUT2D eigenvalue weighted by Gasteiger charge is 2.42. The highest BCUT2D eigenvalue weighted by atomic mass is 32.1. The van der Waals surface area contributed by atoms with E-state index in [1.54, 1.807) is 0 Å². The van der Waals surface area contributed by atoms with Crippen LogP contribution in [-0.4, -0.2) is 15.9 Å². The number of hydrogen-bond donors (Lipinski definition) is 1. The van der Waals surface area contributed by atoms with Gasteiger partial charge in [0.25, 0.3) is 0 Å². The number of benzene rings is 1. The highest BCUT2D eigenvalue weighted by Crippen LogP contribution is 2.48. The first-order valence-electron chi connectivity index (χ1n) is 6.90. The van der Waals surface area contributed by atoms with Gasteiger partial charge in [0.05, 0.1) is 0 Å². The first-order chi connectivity index (χ1) is 9.30. The molecular weight excluding hydrogens is 254 g/mol. The lowest BCUT2D eigenvalue weighted by molar-refractivity contribution is 0.538. The molecule has 0 saturated heterocycles. The van der Waals surface area contributed by atoms with Gasteiger partial charge in [-0.1, -0.05) is 37.3 Å². The van der Waals surface area contributed by atoms with Crippen LogP contribution in [0.15, 0.2) is 30.3 Å². The summed E-state index contributed by atoms with van der Waals surface area (Å²) in [5.74, 6) is 0.945. The van der Waals surface area contributed by atoms with Gasteiger partial charge in [0.15, 0.2) is 0 Å². The minimum Gasteiger partial charge on any atom is -0.360 e. The predicted molar refractivity (Wildman–Crippen MR) is 79.6 cm³/mol. The van der Waals surface area contributed by atoms with Gasteiger partial charge in [0.1, 0.15) is 5.82 Å².